The zero-order valence-electron chi connectivity index (χ0n) is 15.0. The molecule has 0 bridgehead atoms. The Bertz CT molecular complexity index is 1010. The lowest BCUT2D eigenvalue weighted by molar-refractivity contribution is -0.142. The van der Waals surface area contributed by atoms with Gasteiger partial charge in [0.2, 0.25) is 5.91 Å². The minimum atomic E-state index is -0.351. The normalized spacial score (nSPS) is 10.7. The summed E-state index contributed by atoms with van der Waals surface area (Å²) >= 11 is 1.25. The summed E-state index contributed by atoms with van der Waals surface area (Å²) in [6, 6.07) is 7.46. The van der Waals surface area contributed by atoms with Crippen LogP contribution in [0, 0.1) is 0 Å². The van der Waals surface area contributed by atoms with Crippen LogP contribution in [0.1, 0.15) is 29.9 Å². The molecule has 0 aliphatic heterocycles. The van der Waals surface area contributed by atoms with Crippen molar-refractivity contribution in [3.63, 3.8) is 0 Å². The van der Waals surface area contributed by atoms with Gasteiger partial charge in [0.25, 0.3) is 0 Å². The second kappa shape index (κ2) is 8.13. The molecule has 3 rings (SSSR count). The van der Waals surface area contributed by atoms with E-state index in [-0.39, 0.29) is 30.6 Å². The molecule has 0 spiro atoms. The number of esters is 1. The average molecular weight is 385 g/mol. The first-order chi connectivity index (χ1) is 13.0. The van der Waals surface area contributed by atoms with Crippen LogP contribution in [0.25, 0.3) is 10.9 Å². The highest BCUT2D eigenvalue weighted by atomic mass is 32.1. The highest BCUT2D eigenvalue weighted by Crippen LogP contribution is 2.22. The summed E-state index contributed by atoms with van der Waals surface area (Å²) in [6.45, 7) is 3.63. The molecule has 27 heavy (non-hydrogen) atoms. The van der Waals surface area contributed by atoms with Crippen molar-refractivity contribution in [2.24, 2.45) is 0 Å². The molecule has 0 fully saturated rings. The topological polar surface area (TPSA) is 90.3 Å². The van der Waals surface area contributed by atoms with Gasteiger partial charge < -0.3 is 14.6 Å². The maximum Gasteiger partial charge on any atom is 0.311 e. The fraction of sp³-hybridized carbons (Fsp3) is 0.263. The lowest BCUT2D eigenvalue weighted by Gasteiger charge is -2.05. The van der Waals surface area contributed by atoms with E-state index in [1.54, 1.807) is 23.1 Å². The number of nitrogens with zero attached hydrogens (tertiary/aromatic N) is 2. The molecule has 1 N–H and O–H groups in total. The molecular formula is C19H19N3O4S. The quantitative estimate of drug-likeness (QED) is 0.499. The van der Waals surface area contributed by atoms with Crippen LogP contribution >= 0.6 is 11.3 Å². The number of thiazole rings is 1. The molecule has 140 valence electrons. The number of carbonyl (C=O) groups is 3. The number of ketones is 1. The first-order valence-corrected chi connectivity index (χ1v) is 9.34. The van der Waals surface area contributed by atoms with E-state index in [1.807, 2.05) is 24.3 Å². The van der Waals surface area contributed by atoms with E-state index < -0.39 is 0 Å². The van der Waals surface area contributed by atoms with Gasteiger partial charge in [-0.05, 0) is 19.9 Å². The number of hydrogen-bond acceptors (Lipinski definition) is 6. The fourth-order valence-electron chi connectivity index (χ4n) is 2.78. The summed E-state index contributed by atoms with van der Waals surface area (Å²) in [5, 5.41) is 5.69. The first-order valence-electron chi connectivity index (χ1n) is 8.46. The van der Waals surface area contributed by atoms with Crippen LogP contribution in [0.4, 0.5) is 5.13 Å². The second-order valence-corrected chi connectivity index (χ2v) is 6.78. The fourth-order valence-corrected chi connectivity index (χ4v) is 3.50. The number of rotatable bonds is 7. The summed E-state index contributed by atoms with van der Waals surface area (Å²) in [4.78, 5) is 39.9. The number of para-hydroxylation sites is 1. The lowest BCUT2D eigenvalue weighted by atomic mass is 10.1. The molecule has 3 aromatic rings. The molecule has 2 heterocycles. The molecule has 1 aromatic carbocycles. The maximum absolute atomic E-state index is 12.4. The smallest absolute Gasteiger partial charge is 0.311 e. The number of Topliss-reactive ketones (excluding diaryl/α,β-unsaturated/α-hetero) is 1. The minimum Gasteiger partial charge on any atom is -0.466 e. The van der Waals surface area contributed by atoms with Crippen molar-refractivity contribution in [1.82, 2.24) is 9.55 Å². The lowest BCUT2D eigenvalue weighted by Crippen LogP contribution is -2.18. The minimum absolute atomic E-state index is 0.0473. The van der Waals surface area contributed by atoms with E-state index in [0.717, 1.165) is 10.9 Å². The van der Waals surface area contributed by atoms with Crippen LogP contribution in [0.5, 0.6) is 0 Å². The Labute approximate surface area is 160 Å². The molecule has 2 aromatic heterocycles. The van der Waals surface area contributed by atoms with Crippen LogP contribution < -0.4 is 5.32 Å². The second-order valence-electron chi connectivity index (χ2n) is 5.92. The number of hydrogen-bond donors (Lipinski definition) is 1. The third kappa shape index (κ3) is 4.40. The molecular weight excluding hydrogens is 366 g/mol. The van der Waals surface area contributed by atoms with Crippen LogP contribution in [0.2, 0.25) is 0 Å². The van der Waals surface area contributed by atoms with Gasteiger partial charge in [-0.2, -0.15) is 0 Å². The van der Waals surface area contributed by atoms with E-state index in [1.165, 1.54) is 18.3 Å². The molecule has 0 saturated heterocycles. The van der Waals surface area contributed by atoms with Gasteiger partial charge in [0, 0.05) is 28.0 Å². The molecule has 0 aliphatic carbocycles. The van der Waals surface area contributed by atoms with Crippen molar-refractivity contribution < 1.29 is 19.1 Å². The van der Waals surface area contributed by atoms with Crippen molar-refractivity contribution in [2.75, 3.05) is 11.9 Å². The third-order valence-corrected chi connectivity index (χ3v) is 4.72. The van der Waals surface area contributed by atoms with Gasteiger partial charge in [0.05, 0.1) is 18.7 Å². The summed E-state index contributed by atoms with van der Waals surface area (Å²) in [6.07, 6.45) is 1.77. The number of amides is 1. The van der Waals surface area contributed by atoms with Gasteiger partial charge in [0.15, 0.2) is 10.9 Å². The zero-order chi connectivity index (χ0) is 19.4. The number of anilines is 1. The summed E-state index contributed by atoms with van der Waals surface area (Å²) in [5.41, 5.74) is 1.96. The van der Waals surface area contributed by atoms with Gasteiger partial charge in [-0.3, -0.25) is 14.4 Å². The molecule has 0 atom stereocenters. The van der Waals surface area contributed by atoms with Gasteiger partial charge in [-0.1, -0.05) is 18.2 Å². The van der Waals surface area contributed by atoms with Crippen LogP contribution in [0.15, 0.2) is 35.8 Å². The number of benzene rings is 1. The number of fused-ring (bicyclic) bond motifs is 1. The SMILES string of the molecule is CCOC(=O)Cc1csc(NC(=O)Cn2cc(C(C)=O)c3ccccc32)n1. The van der Waals surface area contributed by atoms with Gasteiger partial charge in [-0.25, -0.2) is 4.98 Å². The average Bonchev–Trinajstić information content (AvgIpc) is 3.20. The van der Waals surface area contributed by atoms with E-state index in [4.69, 9.17) is 4.74 Å². The van der Waals surface area contributed by atoms with E-state index in [0.29, 0.717) is 23.0 Å². The van der Waals surface area contributed by atoms with Gasteiger partial charge in [-0.15, -0.1) is 11.3 Å². The predicted molar refractivity (Wildman–Crippen MR) is 103 cm³/mol. The summed E-state index contributed by atoms with van der Waals surface area (Å²) < 4.78 is 6.63. The standard InChI is InChI=1S/C19H19N3O4S/c1-3-26-18(25)8-13-11-27-19(20-13)21-17(24)10-22-9-15(12(2)23)14-6-4-5-7-16(14)22/h4-7,9,11H,3,8,10H2,1-2H3,(H,20,21,24). The molecule has 0 aliphatic rings. The van der Waals surface area contributed by atoms with E-state index in [9.17, 15) is 14.4 Å². The monoisotopic (exact) mass is 385 g/mol. The van der Waals surface area contributed by atoms with Crippen molar-refractivity contribution in [3.8, 4) is 0 Å². The number of ether oxygens (including phenoxy) is 1. The largest absolute Gasteiger partial charge is 0.466 e. The Morgan fingerprint density at radius 3 is 2.78 bits per heavy atom. The predicted octanol–water partition coefficient (Wildman–Crippen LogP) is 3.04. The molecule has 0 radical (unpaired) electrons. The van der Waals surface area contributed by atoms with Gasteiger partial charge in [0.1, 0.15) is 6.54 Å². The van der Waals surface area contributed by atoms with E-state index in [2.05, 4.69) is 10.3 Å². The maximum atomic E-state index is 12.4. The van der Waals surface area contributed by atoms with Crippen LogP contribution in [-0.4, -0.2) is 33.8 Å². The summed E-state index contributed by atoms with van der Waals surface area (Å²) in [5.74, 6) is -0.659. The Morgan fingerprint density at radius 1 is 1.26 bits per heavy atom. The number of carbonyl (C=O) groups excluding carboxylic acids is 3. The highest BCUT2D eigenvalue weighted by molar-refractivity contribution is 7.13. The Hall–Kier alpha value is -3.00. The van der Waals surface area contributed by atoms with Crippen molar-refractivity contribution >= 4 is 45.0 Å². The number of nitrogens with one attached hydrogen (secondary N) is 1. The van der Waals surface area contributed by atoms with Crippen molar-refractivity contribution in [3.05, 3.63) is 47.1 Å². The first kappa shape index (κ1) is 18.8. The molecule has 7 nitrogen and oxygen atoms in total. The molecule has 1 amide bonds. The third-order valence-electron chi connectivity index (χ3n) is 3.91. The molecule has 0 saturated carbocycles. The Morgan fingerprint density at radius 2 is 2.04 bits per heavy atom. The van der Waals surface area contributed by atoms with Gasteiger partial charge >= 0.3 is 5.97 Å². The van der Waals surface area contributed by atoms with Crippen molar-refractivity contribution in [1.29, 1.82) is 0 Å². The zero-order valence-corrected chi connectivity index (χ0v) is 15.8. The molecule has 0 unspecified atom stereocenters. The Balaban J connectivity index is 1.70. The Kier molecular flexibility index (Phi) is 5.66. The highest BCUT2D eigenvalue weighted by Gasteiger charge is 2.15. The van der Waals surface area contributed by atoms with Crippen molar-refractivity contribution in [2.45, 2.75) is 26.8 Å². The van der Waals surface area contributed by atoms with E-state index >= 15 is 0 Å². The summed E-state index contributed by atoms with van der Waals surface area (Å²) in [7, 11) is 0. The molecule has 8 heteroatoms. The van der Waals surface area contributed by atoms with Crippen LogP contribution in [-0.2, 0) is 27.3 Å². The van der Waals surface area contributed by atoms with Crippen LogP contribution in [0.3, 0.4) is 0 Å². The number of aromatic nitrogens is 2.